The molecule has 138 valence electrons. The third kappa shape index (κ3) is 4.30. The summed E-state index contributed by atoms with van der Waals surface area (Å²) in [7, 11) is 0. The molecule has 1 aliphatic carbocycles. The van der Waals surface area contributed by atoms with Gasteiger partial charge in [0.2, 0.25) is 5.91 Å². The van der Waals surface area contributed by atoms with Gasteiger partial charge in [-0.3, -0.25) is 4.79 Å². The van der Waals surface area contributed by atoms with Gasteiger partial charge in [-0.2, -0.15) is 0 Å². The van der Waals surface area contributed by atoms with Crippen molar-refractivity contribution in [2.45, 2.75) is 38.8 Å². The van der Waals surface area contributed by atoms with E-state index in [0.717, 1.165) is 51.1 Å². The molecule has 1 aliphatic heterocycles. The molecule has 2 aliphatic rings. The van der Waals surface area contributed by atoms with Crippen molar-refractivity contribution in [3.8, 4) is 0 Å². The van der Waals surface area contributed by atoms with Crippen molar-refractivity contribution in [2.75, 3.05) is 37.6 Å². The van der Waals surface area contributed by atoms with Crippen molar-refractivity contribution >= 4 is 11.6 Å². The molecule has 2 fully saturated rings. The van der Waals surface area contributed by atoms with E-state index in [0.29, 0.717) is 18.7 Å². The van der Waals surface area contributed by atoms with Gasteiger partial charge >= 0.3 is 0 Å². The standard InChI is InChI=1S/C19H28FN3O2/c1-2-22-8-10-23(11-9-22)17-7-6-14(12-16(17)20)13-21-19(25)15-4-3-5-18(15)24/h6-7,12,15,18,24H,2-5,8-11,13H2,1H3,(H,21,25). The second-order valence-electron chi connectivity index (χ2n) is 7.03. The maximum atomic E-state index is 14.5. The first kappa shape index (κ1) is 18.1. The third-order valence-corrected chi connectivity index (χ3v) is 5.46. The van der Waals surface area contributed by atoms with E-state index in [1.165, 1.54) is 6.07 Å². The number of nitrogens with one attached hydrogen (secondary N) is 1. The topological polar surface area (TPSA) is 55.8 Å². The highest BCUT2D eigenvalue weighted by atomic mass is 19.1. The van der Waals surface area contributed by atoms with Crippen LogP contribution in [0.25, 0.3) is 0 Å². The molecule has 0 bridgehead atoms. The van der Waals surface area contributed by atoms with Gasteiger partial charge in [-0.05, 0) is 43.5 Å². The fourth-order valence-corrected chi connectivity index (χ4v) is 3.79. The summed E-state index contributed by atoms with van der Waals surface area (Å²) >= 11 is 0. The largest absolute Gasteiger partial charge is 0.392 e. The normalized spacial score (nSPS) is 24.5. The van der Waals surface area contributed by atoms with Gasteiger partial charge in [0.05, 0.1) is 17.7 Å². The molecule has 0 spiro atoms. The fraction of sp³-hybridized carbons (Fsp3) is 0.632. The summed E-state index contributed by atoms with van der Waals surface area (Å²) in [6.07, 6.45) is 1.76. The summed E-state index contributed by atoms with van der Waals surface area (Å²) in [5, 5.41) is 12.6. The molecule has 1 aromatic rings. The molecule has 6 heteroatoms. The first-order valence-corrected chi connectivity index (χ1v) is 9.30. The van der Waals surface area contributed by atoms with Crippen molar-refractivity contribution < 1.29 is 14.3 Å². The molecule has 0 aromatic heterocycles. The van der Waals surface area contributed by atoms with Crippen LogP contribution in [0.4, 0.5) is 10.1 Å². The number of anilines is 1. The second-order valence-corrected chi connectivity index (χ2v) is 7.03. The number of rotatable bonds is 5. The number of likely N-dealkylation sites (N-methyl/N-ethyl adjacent to an activating group) is 1. The van der Waals surface area contributed by atoms with Gasteiger partial charge < -0.3 is 20.2 Å². The van der Waals surface area contributed by atoms with Crippen LogP contribution in [0, 0.1) is 11.7 Å². The molecule has 3 rings (SSSR count). The Morgan fingerprint density at radius 1 is 1.28 bits per heavy atom. The van der Waals surface area contributed by atoms with Gasteiger partial charge in [0.25, 0.3) is 0 Å². The van der Waals surface area contributed by atoms with Gasteiger partial charge in [-0.1, -0.05) is 13.0 Å². The highest BCUT2D eigenvalue weighted by molar-refractivity contribution is 5.79. The molecule has 0 radical (unpaired) electrons. The van der Waals surface area contributed by atoms with Crippen LogP contribution in [-0.2, 0) is 11.3 Å². The van der Waals surface area contributed by atoms with E-state index in [4.69, 9.17) is 0 Å². The van der Waals surface area contributed by atoms with Gasteiger partial charge in [0, 0.05) is 32.7 Å². The van der Waals surface area contributed by atoms with Crippen molar-refractivity contribution in [3.63, 3.8) is 0 Å². The average molecular weight is 349 g/mol. The minimum Gasteiger partial charge on any atom is -0.392 e. The fourth-order valence-electron chi connectivity index (χ4n) is 3.79. The zero-order valence-electron chi connectivity index (χ0n) is 14.9. The Morgan fingerprint density at radius 2 is 2.04 bits per heavy atom. The quantitative estimate of drug-likeness (QED) is 0.850. The third-order valence-electron chi connectivity index (χ3n) is 5.46. The Labute approximate surface area is 148 Å². The molecule has 1 amide bonds. The van der Waals surface area contributed by atoms with E-state index >= 15 is 0 Å². The first-order chi connectivity index (χ1) is 12.1. The van der Waals surface area contributed by atoms with Gasteiger partial charge in [-0.25, -0.2) is 4.39 Å². The number of halogens is 1. The van der Waals surface area contributed by atoms with Crippen molar-refractivity contribution in [1.82, 2.24) is 10.2 Å². The van der Waals surface area contributed by atoms with Crippen LogP contribution in [0.15, 0.2) is 18.2 Å². The van der Waals surface area contributed by atoms with Crippen LogP contribution in [0.1, 0.15) is 31.7 Å². The zero-order valence-corrected chi connectivity index (χ0v) is 14.9. The maximum absolute atomic E-state index is 14.5. The van der Waals surface area contributed by atoms with Crippen LogP contribution >= 0.6 is 0 Å². The minimum absolute atomic E-state index is 0.134. The lowest BCUT2D eigenvalue weighted by Crippen LogP contribution is -2.46. The highest BCUT2D eigenvalue weighted by Crippen LogP contribution is 2.26. The van der Waals surface area contributed by atoms with Gasteiger partial charge in [0.1, 0.15) is 5.82 Å². The molecule has 1 heterocycles. The number of benzene rings is 1. The van der Waals surface area contributed by atoms with E-state index in [-0.39, 0.29) is 17.6 Å². The molecular formula is C19H28FN3O2. The number of hydrogen-bond donors (Lipinski definition) is 2. The average Bonchev–Trinajstić information content (AvgIpc) is 3.06. The predicted molar refractivity (Wildman–Crippen MR) is 95.9 cm³/mol. The Kier molecular flexibility index (Phi) is 5.91. The highest BCUT2D eigenvalue weighted by Gasteiger charge is 2.31. The summed E-state index contributed by atoms with van der Waals surface area (Å²) in [4.78, 5) is 16.5. The number of aliphatic hydroxyl groups is 1. The number of amides is 1. The van der Waals surface area contributed by atoms with Gasteiger partial charge in [-0.15, -0.1) is 0 Å². The summed E-state index contributed by atoms with van der Waals surface area (Å²) in [5.74, 6) is -0.693. The van der Waals surface area contributed by atoms with Crippen LogP contribution < -0.4 is 10.2 Å². The molecule has 2 unspecified atom stereocenters. The number of carbonyl (C=O) groups is 1. The van der Waals surface area contributed by atoms with Crippen molar-refractivity contribution in [2.24, 2.45) is 5.92 Å². The van der Waals surface area contributed by atoms with Gasteiger partial charge in [0.15, 0.2) is 0 Å². The van der Waals surface area contributed by atoms with Crippen LogP contribution in [0.5, 0.6) is 0 Å². The molecule has 1 saturated carbocycles. The number of nitrogens with zero attached hydrogens (tertiary/aromatic N) is 2. The summed E-state index contributed by atoms with van der Waals surface area (Å²) < 4.78 is 14.5. The number of hydrogen-bond acceptors (Lipinski definition) is 4. The number of aliphatic hydroxyl groups excluding tert-OH is 1. The maximum Gasteiger partial charge on any atom is 0.225 e. The molecular weight excluding hydrogens is 321 g/mol. The Hall–Kier alpha value is -1.66. The molecule has 1 saturated heterocycles. The molecule has 2 atom stereocenters. The van der Waals surface area contributed by atoms with E-state index in [9.17, 15) is 14.3 Å². The van der Waals surface area contributed by atoms with Crippen LogP contribution in [-0.4, -0.2) is 54.7 Å². The Bertz CT molecular complexity index is 602. The summed E-state index contributed by atoms with van der Waals surface area (Å²) in [6.45, 7) is 7.05. The minimum atomic E-state index is -0.541. The van der Waals surface area contributed by atoms with E-state index < -0.39 is 6.10 Å². The molecule has 5 nitrogen and oxygen atoms in total. The number of carbonyl (C=O) groups excluding carboxylic acids is 1. The van der Waals surface area contributed by atoms with Crippen molar-refractivity contribution in [3.05, 3.63) is 29.6 Å². The molecule has 2 N–H and O–H groups in total. The lowest BCUT2D eigenvalue weighted by Gasteiger charge is -2.35. The zero-order chi connectivity index (χ0) is 17.8. The second kappa shape index (κ2) is 8.15. The summed E-state index contributed by atoms with van der Waals surface area (Å²) in [6, 6.07) is 5.19. The van der Waals surface area contributed by atoms with Crippen molar-refractivity contribution in [1.29, 1.82) is 0 Å². The van der Waals surface area contributed by atoms with E-state index in [1.54, 1.807) is 0 Å². The summed E-state index contributed by atoms with van der Waals surface area (Å²) in [5.41, 5.74) is 1.38. The Morgan fingerprint density at radius 3 is 2.64 bits per heavy atom. The monoisotopic (exact) mass is 349 g/mol. The number of piperazine rings is 1. The lowest BCUT2D eigenvalue weighted by molar-refractivity contribution is -0.127. The lowest BCUT2D eigenvalue weighted by atomic mass is 10.1. The molecule has 25 heavy (non-hydrogen) atoms. The molecule has 1 aromatic carbocycles. The Balaban J connectivity index is 1.56. The van der Waals surface area contributed by atoms with Crippen LogP contribution in [0.3, 0.4) is 0 Å². The SMILES string of the molecule is CCN1CCN(c2ccc(CNC(=O)C3CCCC3O)cc2F)CC1. The van der Waals surface area contributed by atoms with Crippen LogP contribution in [0.2, 0.25) is 0 Å². The first-order valence-electron chi connectivity index (χ1n) is 9.30. The smallest absolute Gasteiger partial charge is 0.225 e. The van der Waals surface area contributed by atoms with E-state index in [1.807, 2.05) is 12.1 Å². The predicted octanol–water partition coefficient (Wildman–Crippen LogP) is 1.74. The van der Waals surface area contributed by atoms with E-state index in [2.05, 4.69) is 22.0 Å².